The Labute approximate surface area is 173 Å². The second kappa shape index (κ2) is 10.3. The summed E-state index contributed by atoms with van der Waals surface area (Å²) in [5, 5.41) is 10.4. The molecule has 7 nitrogen and oxygen atoms in total. The van der Waals surface area contributed by atoms with Crippen molar-refractivity contribution in [2.45, 2.75) is 25.7 Å². The predicted molar refractivity (Wildman–Crippen MR) is 109 cm³/mol. The van der Waals surface area contributed by atoms with E-state index in [2.05, 4.69) is 0 Å². The van der Waals surface area contributed by atoms with E-state index < -0.39 is 5.97 Å². The van der Waals surface area contributed by atoms with E-state index in [0.29, 0.717) is 52.3 Å². The van der Waals surface area contributed by atoms with Crippen LogP contribution in [0.2, 0.25) is 0 Å². The van der Waals surface area contributed by atoms with Crippen molar-refractivity contribution in [1.29, 1.82) is 0 Å². The number of carboxylic acid groups (broad SMARTS) is 1. The summed E-state index contributed by atoms with van der Waals surface area (Å²) in [6.45, 7) is 0.463. The third-order valence-corrected chi connectivity index (χ3v) is 5.50. The lowest BCUT2D eigenvalue weighted by atomic mass is 10.1. The van der Waals surface area contributed by atoms with Crippen molar-refractivity contribution >= 4 is 46.3 Å². The van der Waals surface area contributed by atoms with E-state index in [0.717, 1.165) is 5.56 Å². The molecule has 28 heavy (non-hydrogen) atoms. The van der Waals surface area contributed by atoms with Gasteiger partial charge < -0.3 is 24.1 Å². The normalized spacial score (nSPS) is 15.2. The van der Waals surface area contributed by atoms with E-state index in [4.69, 9.17) is 26.4 Å². The fourth-order valence-corrected chi connectivity index (χ4v) is 4.05. The number of hydrogen-bond donors (Lipinski definition) is 0. The molecule has 0 atom stereocenters. The van der Waals surface area contributed by atoms with Crippen LogP contribution in [0.4, 0.5) is 0 Å². The SMILES string of the molecule is COc1cc(/C=C2\SC(=S)N(CCCCCC(=O)[O-])C2=O)cc(OC)c1OC. The molecule has 0 bridgehead atoms. The lowest BCUT2D eigenvalue weighted by Gasteiger charge is -2.14. The molecule has 0 radical (unpaired) electrons. The Morgan fingerprint density at radius 3 is 2.32 bits per heavy atom. The highest BCUT2D eigenvalue weighted by Crippen LogP contribution is 2.40. The molecular formula is C19H22NO6S2-. The minimum absolute atomic E-state index is 0.0272. The van der Waals surface area contributed by atoms with Crippen molar-refractivity contribution in [3.8, 4) is 17.2 Å². The van der Waals surface area contributed by atoms with Crippen molar-refractivity contribution in [1.82, 2.24) is 4.90 Å². The van der Waals surface area contributed by atoms with E-state index in [9.17, 15) is 14.7 Å². The van der Waals surface area contributed by atoms with Crippen molar-refractivity contribution in [3.05, 3.63) is 22.6 Å². The number of benzene rings is 1. The van der Waals surface area contributed by atoms with Gasteiger partial charge in [0.05, 0.1) is 26.2 Å². The zero-order valence-corrected chi connectivity index (χ0v) is 17.6. The summed E-state index contributed by atoms with van der Waals surface area (Å²) in [6, 6.07) is 3.52. The third-order valence-electron chi connectivity index (χ3n) is 4.12. The summed E-state index contributed by atoms with van der Waals surface area (Å²) in [7, 11) is 4.58. The van der Waals surface area contributed by atoms with E-state index >= 15 is 0 Å². The molecule has 0 spiro atoms. The van der Waals surface area contributed by atoms with Crippen LogP contribution in [0.15, 0.2) is 17.0 Å². The fraction of sp³-hybridized carbons (Fsp3) is 0.421. The monoisotopic (exact) mass is 424 g/mol. The van der Waals surface area contributed by atoms with Crippen LogP contribution in [-0.4, -0.2) is 49.0 Å². The number of methoxy groups -OCH3 is 3. The zero-order valence-electron chi connectivity index (χ0n) is 16.0. The molecule has 1 aromatic carbocycles. The van der Waals surface area contributed by atoms with E-state index in [1.165, 1.54) is 33.1 Å². The first-order valence-electron chi connectivity index (χ1n) is 8.66. The van der Waals surface area contributed by atoms with Crippen molar-refractivity contribution in [2.24, 2.45) is 0 Å². The summed E-state index contributed by atoms with van der Waals surface area (Å²) in [6.07, 6.45) is 3.66. The first-order valence-corrected chi connectivity index (χ1v) is 9.89. The van der Waals surface area contributed by atoms with Crippen molar-refractivity contribution in [3.63, 3.8) is 0 Å². The van der Waals surface area contributed by atoms with Gasteiger partial charge in [-0.1, -0.05) is 30.4 Å². The molecule has 1 heterocycles. The van der Waals surface area contributed by atoms with Gasteiger partial charge in [0.2, 0.25) is 5.75 Å². The van der Waals surface area contributed by atoms with Crippen molar-refractivity contribution in [2.75, 3.05) is 27.9 Å². The standard InChI is InChI=1S/C19H23NO6S2/c1-24-13-9-12(10-14(25-2)17(13)26-3)11-15-18(23)20(19(27)28-15)8-6-4-5-7-16(21)22/h9-11H,4-8H2,1-3H3,(H,21,22)/p-1/b15-11-. The van der Waals surface area contributed by atoms with Gasteiger partial charge in [0, 0.05) is 12.5 Å². The van der Waals surface area contributed by atoms with E-state index in [1.54, 1.807) is 23.1 Å². The van der Waals surface area contributed by atoms with Crippen LogP contribution in [0, 0.1) is 0 Å². The second-order valence-electron chi connectivity index (χ2n) is 5.97. The van der Waals surface area contributed by atoms with Gasteiger partial charge in [-0.15, -0.1) is 0 Å². The number of nitrogens with zero attached hydrogens (tertiary/aromatic N) is 1. The molecule has 1 saturated heterocycles. The van der Waals surface area contributed by atoms with E-state index in [-0.39, 0.29) is 12.3 Å². The molecule has 152 valence electrons. The molecule has 0 aromatic heterocycles. The highest BCUT2D eigenvalue weighted by Gasteiger charge is 2.31. The molecule has 0 aliphatic carbocycles. The average Bonchev–Trinajstić information content (AvgIpc) is 2.93. The third kappa shape index (κ3) is 5.39. The number of thiocarbonyl (C=S) groups is 1. The van der Waals surface area contributed by atoms with Gasteiger partial charge in [-0.25, -0.2) is 0 Å². The van der Waals surface area contributed by atoms with Gasteiger partial charge in [0.25, 0.3) is 5.91 Å². The van der Waals surface area contributed by atoms with E-state index in [1.807, 2.05) is 0 Å². The Balaban J connectivity index is 2.11. The number of rotatable bonds is 10. The number of hydrogen-bond acceptors (Lipinski definition) is 8. The first-order chi connectivity index (χ1) is 13.4. The predicted octanol–water partition coefficient (Wildman–Crippen LogP) is 2.22. The summed E-state index contributed by atoms with van der Waals surface area (Å²) >= 11 is 6.56. The number of thioether (sulfide) groups is 1. The number of amides is 1. The Kier molecular flexibility index (Phi) is 8.13. The van der Waals surface area contributed by atoms with Crippen LogP contribution >= 0.6 is 24.0 Å². The van der Waals surface area contributed by atoms with Gasteiger partial charge in [-0.05, 0) is 43.0 Å². The lowest BCUT2D eigenvalue weighted by molar-refractivity contribution is -0.305. The topological polar surface area (TPSA) is 88.1 Å². The highest BCUT2D eigenvalue weighted by molar-refractivity contribution is 8.26. The van der Waals surface area contributed by atoms with Crippen LogP contribution in [0.1, 0.15) is 31.2 Å². The number of carbonyl (C=O) groups is 2. The largest absolute Gasteiger partial charge is 0.550 e. The molecule has 9 heteroatoms. The van der Waals surface area contributed by atoms with Crippen LogP contribution < -0.4 is 19.3 Å². The van der Waals surface area contributed by atoms with Crippen molar-refractivity contribution < 1.29 is 28.9 Å². The Bertz CT molecular complexity index is 768. The summed E-state index contributed by atoms with van der Waals surface area (Å²) in [5.74, 6) is 0.252. The molecule has 0 N–H and O–H groups in total. The Morgan fingerprint density at radius 2 is 1.79 bits per heavy atom. The van der Waals surface area contributed by atoms with Gasteiger partial charge in [0.15, 0.2) is 11.5 Å². The molecule has 1 fully saturated rings. The maximum atomic E-state index is 12.7. The average molecular weight is 425 g/mol. The van der Waals surface area contributed by atoms with Crippen LogP contribution in [0.5, 0.6) is 17.2 Å². The zero-order chi connectivity index (χ0) is 20.7. The molecule has 2 rings (SSSR count). The molecule has 1 aliphatic heterocycles. The lowest BCUT2D eigenvalue weighted by Crippen LogP contribution is -2.29. The number of aliphatic carboxylic acids is 1. The highest BCUT2D eigenvalue weighted by atomic mass is 32.2. The smallest absolute Gasteiger partial charge is 0.266 e. The van der Waals surface area contributed by atoms with Gasteiger partial charge in [0.1, 0.15) is 4.32 Å². The maximum Gasteiger partial charge on any atom is 0.266 e. The maximum absolute atomic E-state index is 12.7. The quantitative estimate of drug-likeness (QED) is 0.321. The van der Waals surface area contributed by atoms with Crippen LogP contribution in [0.25, 0.3) is 6.08 Å². The summed E-state index contributed by atoms with van der Waals surface area (Å²) in [4.78, 5) is 25.2. The van der Waals surface area contributed by atoms with Gasteiger partial charge in [-0.2, -0.15) is 0 Å². The number of carbonyl (C=O) groups excluding carboxylic acids is 2. The summed E-state index contributed by atoms with van der Waals surface area (Å²) < 4.78 is 16.5. The van der Waals surface area contributed by atoms with Gasteiger partial charge >= 0.3 is 0 Å². The molecule has 1 aliphatic rings. The fourth-order valence-electron chi connectivity index (χ4n) is 2.74. The van der Waals surface area contributed by atoms with Crippen LogP contribution in [0.3, 0.4) is 0 Å². The molecule has 1 aromatic rings. The number of ether oxygens (including phenoxy) is 3. The summed E-state index contributed by atoms with van der Waals surface area (Å²) in [5.41, 5.74) is 0.726. The first kappa shape index (κ1) is 22.0. The molecule has 0 unspecified atom stereocenters. The minimum Gasteiger partial charge on any atom is -0.550 e. The minimum atomic E-state index is -1.06. The molecule has 1 amide bonds. The molecular weight excluding hydrogens is 402 g/mol. The number of unbranched alkanes of at least 4 members (excludes halogenated alkanes) is 2. The number of carboxylic acids is 1. The Morgan fingerprint density at radius 1 is 1.14 bits per heavy atom. The Hall–Kier alpha value is -2.26. The van der Waals surface area contributed by atoms with Gasteiger partial charge in [-0.3, -0.25) is 9.69 Å². The second-order valence-corrected chi connectivity index (χ2v) is 7.65. The molecule has 0 saturated carbocycles. The van der Waals surface area contributed by atoms with Crippen LogP contribution in [-0.2, 0) is 9.59 Å².